The Morgan fingerprint density at radius 2 is 2.08 bits per heavy atom. The van der Waals surface area contributed by atoms with Gasteiger partial charge >= 0.3 is 0 Å². The first-order chi connectivity index (χ1) is 12.2. The van der Waals surface area contributed by atoms with Crippen molar-refractivity contribution in [1.82, 2.24) is 10.6 Å². The van der Waals surface area contributed by atoms with Crippen molar-refractivity contribution in [3.8, 4) is 5.75 Å². The van der Waals surface area contributed by atoms with Gasteiger partial charge in [-0.3, -0.25) is 4.99 Å². The van der Waals surface area contributed by atoms with E-state index in [0.29, 0.717) is 6.54 Å². The molecule has 1 aliphatic carbocycles. The minimum absolute atomic E-state index is 0.707. The molecule has 0 atom stereocenters. The van der Waals surface area contributed by atoms with Gasteiger partial charge in [0.1, 0.15) is 5.75 Å². The van der Waals surface area contributed by atoms with Gasteiger partial charge in [0.2, 0.25) is 0 Å². The van der Waals surface area contributed by atoms with E-state index in [4.69, 9.17) is 9.47 Å². The third-order valence-corrected chi connectivity index (χ3v) is 4.28. The van der Waals surface area contributed by atoms with Gasteiger partial charge in [0.15, 0.2) is 5.96 Å². The van der Waals surface area contributed by atoms with Crippen LogP contribution in [0.5, 0.6) is 5.75 Å². The summed E-state index contributed by atoms with van der Waals surface area (Å²) in [6.07, 6.45) is 4.74. The summed E-state index contributed by atoms with van der Waals surface area (Å²) in [5.41, 5.74) is 2.40. The topological polar surface area (TPSA) is 54.9 Å². The predicted octanol–water partition coefficient (Wildman–Crippen LogP) is 3.27. The van der Waals surface area contributed by atoms with Crippen molar-refractivity contribution in [2.45, 2.75) is 46.1 Å². The monoisotopic (exact) mass is 347 g/mol. The molecule has 0 aromatic heterocycles. The number of guanidine groups is 1. The largest absolute Gasteiger partial charge is 0.493 e. The molecule has 0 spiro atoms. The lowest BCUT2D eigenvalue weighted by molar-refractivity contribution is 0.143. The zero-order valence-electron chi connectivity index (χ0n) is 15.9. The van der Waals surface area contributed by atoms with Crippen molar-refractivity contribution in [2.24, 2.45) is 10.9 Å². The highest BCUT2D eigenvalue weighted by Crippen LogP contribution is 2.30. The van der Waals surface area contributed by atoms with Crippen molar-refractivity contribution >= 4 is 5.96 Å². The summed E-state index contributed by atoms with van der Waals surface area (Å²) in [7, 11) is 1.80. The fourth-order valence-corrected chi connectivity index (χ4v) is 2.51. The smallest absolute Gasteiger partial charge is 0.191 e. The van der Waals surface area contributed by atoms with Gasteiger partial charge in [-0.2, -0.15) is 0 Å². The van der Waals surface area contributed by atoms with E-state index < -0.39 is 0 Å². The Morgan fingerprint density at radius 3 is 2.80 bits per heavy atom. The van der Waals surface area contributed by atoms with Gasteiger partial charge in [0.05, 0.1) is 6.61 Å². The van der Waals surface area contributed by atoms with Gasteiger partial charge in [-0.15, -0.1) is 0 Å². The van der Waals surface area contributed by atoms with Crippen LogP contribution in [0.1, 0.15) is 43.7 Å². The van der Waals surface area contributed by atoms with E-state index in [-0.39, 0.29) is 0 Å². The molecule has 1 aromatic rings. The Labute approximate surface area is 152 Å². The molecule has 0 bridgehead atoms. The maximum atomic E-state index is 6.03. The third-order valence-electron chi connectivity index (χ3n) is 4.28. The van der Waals surface area contributed by atoms with E-state index in [1.807, 2.05) is 6.92 Å². The minimum Gasteiger partial charge on any atom is -0.493 e. The van der Waals surface area contributed by atoms with Crippen molar-refractivity contribution in [2.75, 3.05) is 33.4 Å². The number of rotatable bonds is 11. The predicted molar refractivity (Wildman–Crippen MR) is 103 cm³/mol. The summed E-state index contributed by atoms with van der Waals surface area (Å²) < 4.78 is 11.4. The number of nitrogens with one attached hydrogen (secondary N) is 2. The zero-order valence-corrected chi connectivity index (χ0v) is 15.9. The van der Waals surface area contributed by atoms with Crippen LogP contribution in [0.2, 0.25) is 0 Å². The number of ether oxygens (including phenoxy) is 2. The van der Waals surface area contributed by atoms with Crippen LogP contribution in [0.3, 0.4) is 0 Å². The average Bonchev–Trinajstić information content (AvgIpc) is 3.44. The Kier molecular flexibility index (Phi) is 8.60. The first-order valence-electron chi connectivity index (χ1n) is 9.47. The average molecular weight is 348 g/mol. The van der Waals surface area contributed by atoms with Crippen molar-refractivity contribution < 1.29 is 9.47 Å². The summed E-state index contributed by atoms with van der Waals surface area (Å²) in [6.45, 7) is 8.18. The van der Waals surface area contributed by atoms with Crippen LogP contribution >= 0.6 is 0 Å². The first-order valence-corrected chi connectivity index (χ1v) is 9.47. The van der Waals surface area contributed by atoms with Gasteiger partial charge in [-0.05, 0) is 57.1 Å². The highest BCUT2D eigenvalue weighted by molar-refractivity contribution is 5.79. The molecule has 0 amide bonds. The molecule has 0 saturated heterocycles. The van der Waals surface area contributed by atoms with E-state index in [0.717, 1.165) is 56.8 Å². The maximum Gasteiger partial charge on any atom is 0.191 e. The van der Waals surface area contributed by atoms with Gasteiger partial charge in [0.25, 0.3) is 0 Å². The van der Waals surface area contributed by atoms with Gasteiger partial charge in [-0.1, -0.05) is 12.1 Å². The van der Waals surface area contributed by atoms with Crippen LogP contribution in [0.15, 0.2) is 23.2 Å². The fraction of sp³-hybridized carbons (Fsp3) is 0.650. The van der Waals surface area contributed by atoms with Gasteiger partial charge in [-0.25, -0.2) is 0 Å². The number of hydrogen-bond acceptors (Lipinski definition) is 3. The van der Waals surface area contributed by atoms with Crippen LogP contribution < -0.4 is 15.4 Å². The number of aliphatic imine (C=N–C) groups is 1. The first kappa shape index (κ1) is 19.6. The lowest BCUT2D eigenvalue weighted by Gasteiger charge is -2.15. The number of hydrogen-bond donors (Lipinski definition) is 2. The Balaban J connectivity index is 1.75. The summed E-state index contributed by atoms with van der Waals surface area (Å²) in [5, 5.41) is 6.73. The Bertz CT molecular complexity index is 542. The number of aryl methyl sites for hydroxylation is 1. The molecule has 0 heterocycles. The second kappa shape index (κ2) is 11.0. The third kappa shape index (κ3) is 7.78. The van der Waals surface area contributed by atoms with E-state index in [9.17, 15) is 0 Å². The molecular weight excluding hydrogens is 314 g/mol. The van der Waals surface area contributed by atoms with Gasteiger partial charge in [0, 0.05) is 38.9 Å². The standard InChI is InChI=1S/C20H33N3O2/c1-4-24-12-6-5-11-22-20(21-3)23-14-18-10-7-16(2)13-19(18)25-15-17-8-9-17/h7,10,13,17H,4-6,8-9,11-12,14-15H2,1-3H3,(H2,21,22,23). The quantitative estimate of drug-likeness (QED) is 0.366. The second-order valence-electron chi connectivity index (χ2n) is 6.62. The second-order valence-corrected chi connectivity index (χ2v) is 6.62. The molecule has 5 heteroatoms. The molecule has 2 N–H and O–H groups in total. The maximum absolute atomic E-state index is 6.03. The van der Waals surface area contributed by atoms with E-state index in [2.05, 4.69) is 40.7 Å². The van der Waals surface area contributed by atoms with E-state index in [1.165, 1.54) is 24.0 Å². The molecule has 1 aliphatic rings. The number of benzene rings is 1. The van der Waals surface area contributed by atoms with E-state index in [1.54, 1.807) is 7.05 Å². The summed E-state index contributed by atoms with van der Waals surface area (Å²) in [6, 6.07) is 6.40. The summed E-state index contributed by atoms with van der Waals surface area (Å²) >= 11 is 0. The summed E-state index contributed by atoms with van der Waals surface area (Å²) in [4.78, 5) is 4.29. The lowest BCUT2D eigenvalue weighted by atomic mass is 10.1. The minimum atomic E-state index is 0.707. The molecule has 25 heavy (non-hydrogen) atoms. The molecule has 5 nitrogen and oxygen atoms in total. The molecule has 0 aliphatic heterocycles. The SMILES string of the molecule is CCOCCCCNC(=NC)NCc1ccc(C)cc1OCC1CC1. The van der Waals surface area contributed by atoms with Crippen LogP contribution in [-0.2, 0) is 11.3 Å². The Hall–Kier alpha value is -1.75. The van der Waals surface area contributed by atoms with Crippen LogP contribution in [-0.4, -0.2) is 39.4 Å². The summed E-state index contributed by atoms with van der Waals surface area (Å²) in [5.74, 6) is 2.57. The molecule has 1 aromatic carbocycles. The molecule has 1 fully saturated rings. The molecule has 0 radical (unpaired) electrons. The highest BCUT2D eigenvalue weighted by Gasteiger charge is 2.22. The Morgan fingerprint density at radius 1 is 1.24 bits per heavy atom. The zero-order chi connectivity index (χ0) is 17.9. The van der Waals surface area contributed by atoms with Crippen LogP contribution in [0, 0.1) is 12.8 Å². The van der Waals surface area contributed by atoms with Crippen molar-refractivity contribution in [1.29, 1.82) is 0 Å². The molecule has 140 valence electrons. The number of unbranched alkanes of at least 4 members (excludes halogenated alkanes) is 1. The number of nitrogens with zero attached hydrogens (tertiary/aromatic N) is 1. The molecule has 1 saturated carbocycles. The van der Waals surface area contributed by atoms with Crippen molar-refractivity contribution in [3.05, 3.63) is 29.3 Å². The molecular formula is C20H33N3O2. The van der Waals surface area contributed by atoms with Crippen LogP contribution in [0.25, 0.3) is 0 Å². The molecule has 2 rings (SSSR count). The molecule has 0 unspecified atom stereocenters. The van der Waals surface area contributed by atoms with Crippen molar-refractivity contribution in [3.63, 3.8) is 0 Å². The van der Waals surface area contributed by atoms with E-state index >= 15 is 0 Å². The normalized spacial score (nSPS) is 14.4. The van der Waals surface area contributed by atoms with Gasteiger partial charge < -0.3 is 20.1 Å². The fourth-order valence-electron chi connectivity index (χ4n) is 2.51. The van der Waals surface area contributed by atoms with Crippen LogP contribution in [0.4, 0.5) is 0 Å². The highest BCUT2D eigenvalue weighted by atomic mass is 16.5. The lowest BCUT2D eigenvalue weighted by Crippen LogP contribution is -2.37.